The van der Waals surface area contributed by atoms with Gasteiger partial charge in [-0.15, -0.1) is 0 Å². The van der Waals surface area contributed by atoms with Crippen molar-refractivity contribution in [3.05, 3.63) is 0 Å². The number of halogens is 12. The highest BCUT2D eigenvalue weighted by molar-refractivity contribution is 5.53. The Balaban J connectivity index is 2.20. The zero-order valence-corrected chi connectivity index (χ0v) is 8.94. The molecule has 0 unspecified atom stereocenters. The van der Waals surface area contributed by atoms with E-state index in [1.165, 1.54) is 0 Å². The molecule has 0 N–H and O–H groups in total. The monoisotopic (exact) mass is 340 g/mol. The number of ether oxygens (including phenoxy) is 1. The van der Waals surface area contributed by atoms with E-state index < -0.39 is 46.7 Å². The van der Waals surface area contributed by atoms with E-state index in [1.807, 2.05) is 0 Å². The molecule has 0 amide bonds. The fourth-order valence-corrected chi connectivity index (χ4v) is 2.89. The maximum Gasteiger partial charge on any atom is 0.378 e. The van der Waals surface area contributed by atoms with Crippen molar-refractivity contribution in [2.75, 3.05) is 0 Å². The standard InChI is InChI=1S/C8F12O/c9-3(10)1(4(11,12)7(3,17)18)2(21-1)5(13,14)8(19,20)6(2,15)16. The molecule has 13 heteroatoms. The van der Waals surface area contributed by atoms with Gasteiger partial charge < -0.3 is 4.74 Å². The quantitative estimate of drug-likeness (QED) is 0.487. The van der Waals surface area contributed by atoms with Crippen LogP contribution in [0.5, 0.6) is 0 Å². The third-order valence-electron chi connectivity index (χ3n) is 4.11. The molecule has 0 atom stereocenters. The van der Waals surface area contributed by atoms with E-state index in [0.717, 1.165) is 0 Å². The molecule has 0 aromatic rings. The number of fused-ring (bicyclic) bond motifs is 1. The van der Waals surface area contributed by atoms with E-state index in [1.54, 1.807) is 0 Å². The molecule has 1 aliphatic heterocycles. The fourth-order valence-electron chi connectivity index (χ4n) is 2.89. The topological polar surface area (TPSA) is 12.5 Å². The summed E-state index contributed by atoms with van der Waals surface area (Å²) in [5.74, 6) is -37.3. The van der Waals surface area contributed by atoms with Crippen LogP contribution in [0, 0.1) is 0 Å². The summed E-state index contributed by atoms with van der Waals surface area (Å²) in [7, 11) is 0. The minimum atomic E-state index is -6.29. The third kappa shape index (κ3) is 0.792. The SMILES string of the molecule is FC1(F)C(F)(F)C2(OC23C(F)(F)C(F)(F)C3(F)F)C1(F)F. The van der Waals surface area contributed by atoms with Crippen LogP contribution in [0.4, 0.5) is 52.7 Å². The zero-order valence-electron chi connectivity index (χ0n) is 8.94. The highest BCUT2D eigenvalue weighted by Gasteiger charge is 3.24. The van der Waals surface area contributed by atoms with Gasteiger partial charge in [-0.3, -0.25) is 0 Å². The molecule has 0 aromatic carbocycles. The number of epoxide rings is 1. The van der Waals surface area contributed by atoms with Crippen LogP contribution in [0.1, 0.15) is 0 Å². The van der Waals surface area contributed by atoms with Crippen LogP contribution < -0.4 is 0 Å². The molecular weight excluding hydrogens is 340 g/mol. The van der Waals surface area contributed by atoms with Gasteiger partial charge in [0.1, 0.15) is 0 Å². The van der Waals surface area contributed by atoms with Crippen molar-refractivity contribution in [1.29, 1.82) is 0 Å². The smallest absolute Gasteiger partial charge is 0.337 e. The van der Waals surface area contributed by atoms with Crippen molar-refractivity contribution < 1.29 is 57.4 Å². The molecule has 3 fully saturated rings. The van der Waals surface area contributed by atoms with E-state index in [-0.39, 0.29) is 0 Å². The first-order valence-corrected chi connectivity index (χ1v) is 4.93. The molecule has 2 aliphatic carbocycles. The van der Waals surface area contributed by atoms with Gasteiger partial charge in [0.2, 0.25) is 0 Å². The molecule has 21 heavy (non-hydrogen) atoms. The first-order chi connectivity index (χ1) is 8.96. The first kappa shape index (κ1) is 15.0. The van der Waals surface area contributed by atoms with Gasteiger partial charge in [0, 0.05) is 0 Å². The second kappa shape index (κ2) is 2.71. The molecule has 0 bridgehead atoms. The molecular formula is C8F12O. The average molecular weight is 340 g/mol. The largest absolute Gasteiger partial charge is 0.378 e. The average Bonchev–Trinajstić information content (AvgIpc) is 3.02. The summed E-state index contributed by atoms with van der Waals surface area (Å²) in [5.41, 5.74) is -10.8. The lowest BCUT2D eigenvalue weighted by molar-refractivity contribution is -0.471. The van der Waals surface area contributed by atoms with Crippen molar-refractivity contribution in [3.63, 3.8) is 0 Å². The fraction of sp³-hybridized carbons (Fsp3) is 1.00. The van der Waals surface area contributed by atoms with Gasteiger partial charge in [0.15, 0.2) is 0 Å². The Hall–Kier alpha value is -0.880. The van der Waals surface area contributed by atoms with Crippen LogP contribution in [0.25, 0.3) is 0 Å². The lowest BCUT2D eigenvalue weighted by Crippen LogP contribution is -2.92. The third-order valence-corrected chi connectivity index (χ3v) is 4.11. The van der Waals surface area contributed by atoms with E-state index in [4.69, 9.17) is 0 Å². The van der Waals surface area contributed by atoms with Gasteiger partial charge in [-0.1, -0.05) is 0 Å². The number of alkyl halides is 12. The summed E-state index contributed by atoms with van der Waals surface area (Å²) in [6, 6.07) is 0. The van der Waals surface area contributed by atoms with Gasteiger partial charge in [0.05, 0.1) is 0 Å². The van der Waals surface area contributed by atoms with Gasteiger partial charge in [-0.05, 0) is 0 Å². The van der Waals surface area contributed by atoms with E-state index in [9.17, 15) is 52.7 Å². The minimum Gasteiger partial charge on any atom is -0.337 e. The summed E-state index contributed by atoms with van der Waals surface area (Å²) in [5, 5.41) is 0. The lowest BCUT2D eigenvalue weighted by atomic mass is 9.55. The molecule has 122 valence electrons. The normalized spacial score (nSPS) is 39.4. The maximum atomic E-state index is 13.0. The predicted molar refractivity (Wildman–Crippen MR) is 36.2 cm³/mol. The molecule has 0 aromatic heterocycles. The first-order valence-electron chi connectivity index (χ1n) is 4.93. The molecule has 1 nitrogen and oxygen atoms in total. The summed E-state index contributed by atoms with van der Waals surface area (Å²) in [4.78, 5) is 0. The number of hydrogen-bond donors (Lipinski definition) is 0. The van der Waals surface area contributed by atoms with Gasteiger partial charge in [-0.25, -0.2) is 0 Å². The van der Waals surface area contributed by atoms with Crippen molar-refractivity contribution >= 4 is 0 Å². The van der Waals surface area contributed by atoms with E-state index in [2.05, 4.69) is 4.74 Å². The van der Waals surface area contributed by atoms with Crippen LogP contribution in [0.3, 0.4) is 0 Å². The second-order valence-corrected chi connectivity index (χ2v) is 4.91. The Bertz CT molecular complexity index is 463. The summed E-state index contributed by atoms with van der Waals surface area (Å²) in [6.45, 7) is 0. The Morgan fingerprint density at radius 1 is 0.333 bits per heavy atom. The van der Waals surface area contributed by atoms with Gasteiger partial charge in [-0.2, -0.15) is 52.7 Å². The van der Waals surface area contributed by atoms with Crippen LogP contribution in [0.15, 0.2) is 0 Å². The van der Waals surface area contributed by atoms with Crippen LogP contribution in [-0.4, -0.2) is 46.7 Å². The Morgan fingerprint density at radius 3 is 0.714 bits per heavy atom. The van der Waals surface area contributed by atoms with E-state index in [0.29, 0.717) is 0 Å². The molecule has 1 heterocycles. The summed E-state index contributed by atoms with van der Waals surface area (Å²) >= 11 is 0. The Labute approximate surface area is 105 Å². The molecule has 3 aliphatic rings. The van der Waals surface area contributed by atoms with Gasteiger partial charge >= 0.3 is 35.5 Å². The molecule has 1 saturated heterocycles. The Kier molecular flexibility index (Phi) is 1.94. The number of rotatable bonds is 0. The van der Waals surface area contributed by atoms with Crippen molar-refractivity contribution in [2.24, 2.45) is 0 Å². The summed E-state index contributed by atoms with van der Waals surface area (Å²) in [6.07, 6.45) is 0. The maximum absolute atomic E-state index is 13.0. The van der Waals surface area contributed by atoms with Crippen LogP contribution in [-0.2, 0) is 4.74 Å². The zero-order chi connectivity index (χ0) is 16.7. The molecule has 0 radical (unpaired) electrons. The molecule has 2 spiro atoms. The number of hydrogen-bond acceptors (Lipinski definition) is 1. The van der Waals surface area contributed by atoms with Crippen molar-refractivity contribution in [3.8, 4) is 0 Å². The highest BCUT2D eigenvalue weighted by Crippen LogP contribution is 2.90. The Morgan fingerprint density at radius 2 is 0.524 bits per heavy atom. The second-order valence-electron chi connectivity index (χ2n) is 4.91. The van der Waals surface area contributed by atoms with Crippen LogP contribution >= 0.6 is 0 Å². The summed E-state index contributed by atoms with van der Waals surface area (Å²) < 4.78 is 158. The highest BCUT2D eigenvalue weighted by atomic mass is 19.4. The van der Waals surface area contributed by atoms with Crippen LogP contribution in [0.2, 0.25) is 0 Å². The van der Waals surface area contributed by atoms with Crippen molar-refractivity contribution in [2.45, 2.75) is 46.7 Å². The van der Waals surface area contributed by atoms with Gasteiger partial charge in [0.25, 0.3) is 11.2 Å². The minimum absolute atomic E-state index is 2.94. The van der Waals surface area contributed by atoms with Crippen molar-refractivity contribution in [1.82, 2.24) is 0 Å². The molecule has 3 rings (SSSR count). The molecule has 2 saturated carbocycles. The lowest BCUT2D eigenvalue weighted by Gasteiger charge is -2.56. The predicted octanol–water partition coefficient (Wildman–Crippen LogP) is 3.33. The van der Waals surface area contributed by atoms with E-state index >= 15 is 0 Å².